The van der Waals surface area contributed by atoms with Crippen LogP contribution in [0.5, 0.6) is 5.75 Å². The quantitative estimate of drug-likeness (QED) is 0.467. The number of hydrogen-bond acceptors (Lipinski definition) is 6. The summed E-state index contributed by atoms with van der Waals surface area (Å²) < 4.78 is 32.8. The third kappa shape index (κ3) is 4.39. The van der Waals surface area contributed by atoms with Crippen molar-refractivity contribution in [2.75, 3.05) is 38.2 Å². The minimum atomic E-state index is -3.48. The van der Waals surface area contributed by atoms with E-state index < -0.39 is 10.0 Å². The molecule has 0 unspecified atom stereocenters. The number of rotatable bonds is 6. The van der Waals surface area contributed by atoms with Crippen molar-refractivity contribution in [3.63, 3.8) is 0 Å². The van der Waals surface area contributed by atoms with Crippen LogP contribution in [0, 0.1) is 0 Å². The van der Waals surface area contributed by atoms with Gasteiger partial charge in [0.1, 0.15) is 5.75 Å². The minimum Gasteiger partial charge on any atom is -0.497 e. The molecule has 2 heterocycles. The van der Waals surface area contributed by atoms with E-state index >= 15 is 0 Å². The summed E-state index contributed by atoms with van der Waals surface area (Å²) in [6.45, 7) is 2.11. The smallest absolute Gasteiger partial charge is 0.243 e. The normalized spacial score (nSPS) is 15.3. The van der Waals surface area contributed by atoms with Gasteiger partial charge in [-0.2, -0.15) is 4.31 Å². The Labute approximate surface area is 189 Å². The molecule has 9 heteroatoms. The molecule has 1 aromatic heterocycles. The highest BCUT2D eigenvalue weighted by atomic mass is 79.9. The van der Waals surface area contributed by atoms with Crippen molar-refractivity contribution in [3.8, 4) is 17.0 Å². The van der Waals surface area contributed by atoms with Crippen molar-refractivity contribution < 1.29 is 13.2 Å². The second-order valence-electron chi connectivity index (χ2n) is 6.92. The number of piperazine rings is 1. The summed E-state index contributed by atoms with van der Waals surface area (Å²) in [5.74, 6) is 0.796. The van der Waals surface area contributed by atoms with Gasteiger partial charge < -0.3 is 9.64 Å². The number of halogens is 1. The molecule has 0 N–H and O–H groups in total. The van der Waals surface area contributed by atoms with Crippen molar-refractivity contribution >= 4 is 42.4 Å². The lowest BCUT2D eigenvalue weighted by Crippen LogP contribution is -2.48. The zero-order valence-corrected chi connectivity index (χ0v) is 19.7. The molecule has 0 bridgehead atoms. The van der Waals surface area contributed by atoms with Crippen LogP contribution < -0.4 is 9.64 Å². The Morgan fingerprint density at radius 2 is 1.83 bits per heavy atom. The number of methoxy groups -OCH3 is 1. The lowest BCUT2D eigenvalue weighted by Gasteiger charge is -2.33. The summed E-state index contributed by atoms with van der Waals surface area (Å²) in [6.07, 6.45) is 0. The standard InChI is InChI=1S/C21H22BrN3O3S2/c1-28-18-4-2-3-17(13-18)20-15-29-21(23-20)24-9-11-25(12-10-24)30(26,27)19-7-5-16(14-22)6-8-19/h2-8,13,15H,9-12,14H2,1H3. The van der Waals surface area contributed by atoms with Gasteiger partial charge in [0.05, 0.1) is 17.7 Å². The Hall–Kier alpha value is -1.94. The number of ether oxygens (including phenoxy) is 1. The first-order valence-electron chi connectivity index (χ1n) is 9.51. The number of aromatic nitrogens is 1. The lowest BCUT2D eigenvalue weighted by atomic mass is 10.2. The molecule has 3 aromatic rings. The maximum absolute atomic E-state index is 13.0. The molecule has 30 heavy (non-hydrogen) atoms. The number of anilines is 1. The number of nitrogens with zero attached hydrogens (tertiary/aromatic N) is 3. The van der Waals surface area contributed by atoms with E-state index in [4.69, 9.17) is 9.72 Å². The molecule has 0 aliphatic carbocycles. The van der Waals surface area contributed by atoms with Gasteiger partial charge in [-0.3, -0.25) is 0 Å². The Morgan fingerprint density at radius 1 is 1.10 bits per heavy atom. The average Bonchev–Trinajstić information content (AvgIpc) is 3.29. The first-order chi connectivity index (χ1) is 14.5. The molecular formula is C21H22BrN3O3S2. The van der Waals surface area contributed by atoms with Crippen LogP contribution in [0.1, 0.15) is 5.56 Å². The molecule has 1 aliphatic rings. The first-order valence-corrected chi connectivity index (χ1v) is 13.0. The molecule has 0 radical (unpaired) electrons. The van der Waals surface area contributed by atoms with Gasteiger partial charge in [0.25, 0.3) is 0 Å². The second kappa shape index (κ2) is 9.05. The molecule has 0 amide bonds. The molecule has 6 nitrogen and oxygen atoms in total. The lowest BCUT2D eigenvalue weighted by molar-refractivity contribution is 0.385. The van der Waals surface area contributed by atoms with Crippen molar-refractivity contribution in [1.29, 1.82) is 0 Å². The van der Waals surface area contributed by atoms with E-state index in [0.29, 0.717) is 36.4 Å². The Bertz CT molecular complexity index is 1110. The summed E-state index contributed by atoms with van der Waals surface area (Å²) in [4.78, 5) is 7.25. The van der Waals surface area contributed by atoms with Crippen molar-refractivity contribution in [2.24, 2.45) is 0 Å². The van der Waals surface area contributed by atoms with Crippen LogP contribution in [0.4, 0.5) is 5.13 Å². The predicted molar refractivity (Wildman–Crippen MR) is 124 cm³/mol. The highest BCUT2D eigenvalue weighted by Crippen LogP contribution is 2.30. The highest BCUT2D eigenvalue weighted by Gasteiger charge is 2.29. The van der Waals surface area contributed by atoms with Crippen molar-refractivity contribution in [3.05, 3.63) is 59.5 Å². The van der Waals surface area contributed by atoms with E-state index in [9.17, 15) is 8.42 Å². The summed E-state index contributed by atoms with van der Waals surface area (Å²) in [5, 5.41) is 3.64. The Morgan fingerprint density at radius 3 is 2.50 bits per heavy atom. The van der Waals surface area contributed by atoms with Gasteiger partial charge in [-0.05, 0) is 29.8 Å². The Balaban J connectivity index is 1.44. The topological polar surface area (TPSA) is 62.7 Å². The largest absolute Gasteiger partial charge is 0.497 e. The maximum Gasteiger partial charge on any atom is 0.243 e. The van der Waals surface area contributed by atoms with E-state index in [-0.39, 0.29) is 0 Å². The van der Waals surface area contributed by atoms with E-state index in [1.54, 1.807) is 34.9 Å². The van der Waals surface area contributed by atoms with E-state index in [2.05, 4.69) is 20.8 Å². The molecule has 0 saturated carbocycles. The van der Waals surface area contributed by atoms with Crippen LogP contribution in [0.15, 0.2) is 58.8 Å². The van der Waals surface area contributed by atoms with Crippen LogP contribution >= 0.6 is 27.3 Å². The second-order valence-corrected chi connectivity index (χ2v) is 10.3. The third-order valence-corrected chi connectivity index (χ3v) is 8.54. The van der Waals surface area contributed by atoms with Crippen LogP contribution in [-0.2, 0) is 15.4 Å². The first kappa shape index (κ1) is 21.3. The zero-order chi connectivity index (χ0) is 21.1. The van der Waals surface area contributed by atoms with E-state index in [1.165, 1.54) is 0 Å². The summed E-state index contributed by atoms with van der Waals surface area (Å²) in [7, 11) is -1.83. The monoisotopic (exact) mass is 507 g/mol. The molecule has 158 valence electrons. The number of alkyl halides is 1. The number of sulfonamides is 1. The van der Waals surface area contributed by atoms with Gasteiger partial charge in [-0.25, -0.2) is 13.4 Å². The highest BCUT2D eigenvalue weighted by molar-refractivity contribution is 9.08. The molecule has 2 aromatic carbocycles. The summed E-state index contributed by atoms with van der Waals surface area (Å²) >= 11 is 4.96. The minimum absolute atomic E-state index is 0.343. The molecular weight excluding hydrogens is 486 g/mol. The molecule has 0 spiro atoms. The van der Waals surface area contributed by atoms with Crippen LogP contribution in [0.2, 0.25) is 0 Å². The molecule has 1 aliphatic heterocycles. The maximum atomic E-state index is 13.0. The molecule has 1 fully saturated rings. The fraction of sp³-hybridized carbons (Fsp3) is 0.286. The summed E-state index contributed by atoms with van der Waals surface area (Å²) in [6, 6.07) is 14.9. The number of hydrogen-bond donors (Lipinski definition) is 0. The van der Waals surface area contributed by atoms with E-state index in [0.717, 1.165) is 27.7 Å². The predicted octanol–water partition coefficient (Wildman–Crippen LogP) is 4.22. The fourth-order valence-corrected chi connectivity index (χ4v) is 6.03. The van der Waals surface area contributed by atoms with Crippen LogP contribution in [-0.4, -0.2) is 51.0 Å². The molecule has 0 atom stereocenters. The van der Waals surface area contributed by atoms with Gasteiger partial charge in [-0.1, -0.05) is 40.2 Å². The van der Waals surface area contributed by atoms with Gasteiger partial charge in [0.2, 0.25) is 10.0 Å². The van der Waals surface area contributed by atoms with Gasteiger partial charge in [-0.15, -0.1) is 11.3 Å². The van der Waals surface area contributed by atoms with Crippen molar-refractivity contribution in [1.82, 2.24) is 9.29 Å². The Kier molecular flexibility index (Phi) is 6.43. The average molecular weight is 508 g/mol. The fourth-order valence-electron chi connectivity index (χ4n) is 3.34. The van der Waals surface area contributed by atoms with Crippen LogP contribution in [0.3, 0.4) is 0 Å². The van der Waals surface area contributed by atoms with Gasteiger partial charge >= 0.3 is 0 Å². The SMILES string of the molecule is COc1cccc(-c2csc(N3CCN(S(=O)(=O)c4ccc(CBr)cc4)CC3)n2)c1. The number of benzene rings is 2. The van der Waals surface area contributed by atoms with Gasteiger partial charge in [0, 0.05) is 42.5 Å². The molecule has 1 saturated heterocycles. The van der Waals surface area contributed by atoms with Crippen molar-refractivity contribution in [2.45, 2.75) is 10.2 Å². The summed E-state index contributed by atoms with van der Waals surface area (Å²) in [5.41, 5.74) is 2.95. The van der Waals surface area contributed by atoms with E-state index in [1.807, 2.05) is 41.8 Å². The number of thiazole rings is 1. The zero-order valence-electron chi connectivity index (χ0n) is 16.5. The van der Waals surface area contributed by atoms with Crippen LogP contribution in [0.25, 0.3) is 11.3 Å². The van der Waals surface area contributed by atoms with Gasteiger partial charge in [0.15, 0.2) is 5.13 Å². The molecule has 4 rings (SSSR count). The third-order valence-electron chi connectivity index (χ3n) is 5.08.